The molecule has 1 atom stereocenters. The van der Waals surface area contributed by atoms with Gasteiger partial charge in [-0.15, -0.1) is 13.2 Å². The van der Waals surface area contributed by atoms with E-state index in [1.165, 1.54) is 43.1 Å². The molecule has 0 saturated heterocycles. The average Bonchev–Trinajstić information content (AvgIpc) is 3.19. The molecule has 0 saturated carbocycles. The topological polar surface area (TPSA) is 102 Å². The lowest BCUT2D eigenvalue weighted by Crippen LogP contribution is -2.42. The fourth-order valence-electron chi connectivity index (χ4n) is 2.71. The fraction of sp³-hybridized carbons (Fsp3) is 0.263. The zero-order valence-electron chi connectivity index (χ0n) is 16.0. The van der Waals surface area contributed by atoms with Crippen LogP contribution in [0.15, 0.2) is 55.1 Å². The molecule has 0 aliphatic heterocycles. The molecule has 1 unspecified atom stereocenters. The minimum Gasteiger partial charge on any atom is -0.406 e. The van der Waals surface area contributed by atoms with Gasteiger partial charge in [-0.05, 0) is 37.6 Å². The lowest BCUT2D eigenvalue weighted by molar-refractivity contribution is -0.274. The summed E-state index contributed by atoms with van der Waals surface area (Å²) in [6, 6.07) is 5.61. The Morgan fingerprint density at radius 3 is 2.47 bits per heavy atom. The number of benzene rings is 1. The Bertz CT molecular complexity index is 999. The number of halogens is 3. The predicted octanol–water partition coefficient (Wildman–Crippen LogP) is 2.80. The van der Waals surface area contributed by atoms with Crippen LogP contribution in [-0.2, 0) is 0 Å². The molecule has 1 aromatic carbocycles. The number of hydrogen-bond donors (Lipinski definition) is 2. The predicted molar refractivity (Wildman–Crippen MR) is 98.8 cm³/mol. The van der Waals surface area contributed by atoms with Gasteiger partial charge in [-0.2, -0.15) is 5.10 Å². The van der Waals surface area contributed by atoms with Crippen LogP contribution >= 0.6 is 0 Å². The van der Waals surface area contributed by atoms with Crippen molar-refractivity contribution in [3.05, 3.63) is 66.4 Å². The third-order valence-electron chi connectivity index (χ3n) is 4.02. The minimum absolute atomic E-state index is 0.0192. The van der Waals surface area contributed by atoms with Crippen LogP contribution in [0.5, 0.6) is 5.75 Å². The number of alkyl halides is 3. The van der Waals surface area contributed by atoms with Crippen molar-refractivity contribution in [2.45, 2.75) is 31.9 Å². The SMILES string of the molecule is CC(C)(O)C(NC(=O)c1cncc(-n2cccn2)n1)c1ccc(OC(F)(F)F)cc1. The summed E-state index contributed by atoms with van der Waals surface area (Å²) in [5.41, 5.74) is -1.08. The van der Waals surface area contributed by atoms with Crippen molar-refractivity contribution in [1.82, 2.24) is 25.1 Å². The molecule has 158 valence electrons. The maximum atomic E-state index is 12.7. The average molecular weight is 421 g/mol. The first-order valence-corrected chi connectivity index (χ1v) is 8.74. The van der Waals surface area contributed by atoms with E-state index >= 15 is 0 Å². The zero-order chi connectivity index (χ0) is 21.9. The largest absolute Gasteiger partial charge is 0.573 e. The van der Waals surface area contributed by atoms with E-state index in [-0.39, 0.29) is 5.69 Å². The lowest BCUT2D eigenvalue weighted by Gasteiger charge is -2.30. The van der Waals surface area contributed by atoms with Crippen molar-refractivity contribution in [1.29, 1.82) is 0 Å². The van der Waals surface area contributed by atoms with Gasteiger partial charge < -0.3 is 15.2 Å². The van der Waals surface area contributed by atoms with E-state index in [4.69, 9.17) is 0 Å². The Hall–Kier alpha value is -3.47. The number of amides is 1. The van der Waals surface area contributed by atoms with E-state index in [2.05, 4.69) is 25.1 Å². The maximum absolute atomic E-state index is 12.7. The monoisotopic (exact) mass is 421 g/mol. The number of rotatable bonds is 6. The molecule has 3 rings (SSSR count). The fourth-order valence-corrected chi connectivity index (χ4v) is 2.71. The summed E-state index contributed by atoms with van der Waals surface area (Å²) in [6.45, 7) is 2.92. The van der Waals surface area contributed by atoms with Crippen LogP contribution < -0.4 is 10.1 Å². The minimum atomic E-state index is -4.82. The van der Waals surface area contributed by atoms with Crippen LogP contribution in [0.3, 0.4) is 0 Å². The van der Waals surface area contributed by atoms with Crippen LogP contribution in [0.2, 0.25) is 0 Å². The van der Waals surface area contributed by atoms with E-state index in [0.29, 0.717) is 11.4 Å². The molecule has 3 aromatic rings. The summed E-state index contributed by atoms with van der Waals surface area (Å²) >= 11 is 0. The molecule has 2 N–H and O–H groups in total. The second kappa shape index (κ2) is 8.11. The Kier molecular flexibility index (Phi) is 5.74. The Morgan fingerprint density at radius 2 is 1.90 bits per heavy atom. The Balaban J connectivity index is 1.82. The van der Waals surface area contributed by atoms with E-state index in [1.807, 2.05) is 0 Å². The second-order valence-corrected chi connectivity index (χ2v) is 6.89. The van der Waals surface area contributed by atoms with Crippen molar-refractivity contribution >= 4 is 5.91 Å². The third-order valence-corrected chi connectivity index (χ3v) is 4.02. The van der Waals surface area contributed by atoms with E-state index in [9.17, 15) is 23.1 Å². The van der Waals surface area contributed by atoms with Crippen molar-refractivity contribution < 1.29 is 27.8 Å². The van der Waals surface area contributed by atoms with Gasteiger partial charge in [0.15, 0.2) is 5.82 Å². The van der Waals surface area contributed by atoms with Crippen LogP contribution in [-0.4, -0.2) is 42.7 Å². The van der Waals surface area contributed by atoms with E-state index in [1.54, 1.807) is 18.5 Å². The van der Waals surface area contributed by atoms with Crippen molar-refractivity contribution in [3.63, 3.8) is 0 Å². The highest BCUT2D eigenvalue weighted by atomic mass is 19.4. The summed E-state index contributed by atoms with van der Waals surface area (Å²) in [7, 11) is 0. The molecule has 0 bridgehead atoms. The van der Waals surface area contributed by atoms with Gasteiger partial charge in [-0.3, -0.25) is 9.78 Å². The van der Waals surface area contributed by atoms with Crippen molar-refractivity contribution in [2.24, 2.45) is 0 Å². The molecule has 1 amide bonds. The van der Waals surface area contributed by atoms with Crippen LogP contribution in [0, 0.1) is 0 Å². The highest BCUT2D eigenvalue weighted by Crippen LogP contribution is 2.29. The van der Waals surface area contributed by atoms with Crippen LogP contribution in [0.4, 0.5) is 13.2 Å². The molecule has 0 aliphatic carbocycles. The van der Waals surface area contributed by atoms with Gasteiger partial charge in [-0.25, -0.2) is 9.67 Å². The molecule has 2 aromatic heterocycles. The third kappa shape index (κ3) is 5.32. The molecule has 0 fully saturated rings. The van der Waals surface area contributed by atoms with Crippen molar-refractivity contribution in [3.8, 4) is 11.6 Å². The van der Waals surface area contributed by atoms with Gasteiger partial charge in [0.05, 0.1) is 24.0 Å². The summed E-state index contributed by atoms with van der Waals surface area (Å²) in [5.74, 6) is -0.717. The number of carbonyl (C=O) groups excluding carboxylic acids is 1. The number of carbonyl (C=O) groups is 1. The van der Waals surface area contributed by atoms with Gasteiger partial charge in [-0.1, -0.05) is 12.1 Å². The highest BCUT2D eigenvalue weighted by molar-refractivity contribution is 5.92. The molecule has 0 spiro atoms. The molecular formula is C19H18F3N5O3. The van der Waals surface area contributed by atoms with Gasteiger partial charge in [0.25, 0.3) is 5.91 Å². The summed E-state index contributed by atoms with van der Waals surface area (Å²) in [6.07, 6.45) is 1.05. The highest BCUT2D eigenvalue weighted by Gasteiger charge is 2.33. The van der Waals surface area contributed by atoms with Crippen LogP contribution in [0.25, 0.3) is 5.82 Å². The number of ether oxygens (including phenoxy) is 1. The zero-order valence-corrected chi connectivity index (χ0v) is 16.0. The molecule has 11 heteroatoms. The van der Waals surface area contributed by atoms with Gasteiger partial charge in [0.1, 0.15) is 11.4 Å². The molecule has 0 radical (unpaired) electrons. The van der Waals surface area contributed by atoms with Gasteiger partial charge in [0.2, 0.25) is 0 Å². The number of aromatic nitrogens is 4. The standard InChI is InChI=1S/C19H18F3N5O3/c1-18(2,29)16(12-4-6-13(7-5-12)30-19(20,21)22)26-17(28)14-10-23-11-15(25-14)27-9-3-8-24-27/h3-11,16,29H,1-2H3,(H,26,28). The van der Waals surface area contributed by atoms with Crippen molar-refractivity contribution in [2.75, 3.05) is 0 Å². The Labute approximate surface area is 169 Å². The first-order valence-electron chi connectivity index (χ1n) is 8.74. The molecule has 30 heavy (non-hydrogen) atoms. The Morgan fingerprint density at radius 1 is 1.20 bits per heavy atom. The molecule has 0 aliphatic rings. The first-order chi connectivity index (χ1) is 14.0. The number of nitrogens with zero attached hydrogens (tertiary/aromatic N) is 4. The second-order valence-electron chi connectivity index (χ2n) is 6.89. The van der Waals surface area contributed by atoms with E-state index < -0.39 is 29.7 Å². The number of nitrogens with one attached hydrogen (secondary N) is 1. The summed E-state index contributed by atoms with van der Waals surface area (Å²) < 4.78 is 42.3. The number of aliphatic hydroxyl groups is 1. The molecule has 8 nitrogen and oxygen atoms in total. The summed E-state index contributed by atoms with van der Waals surface area (Å²) in [4.78, 5) is 20.9. The van der Waals surface area contributed by atoms with Crippen LogP contribution in [0.1, 0.15) is 35.9 Å². The molecular weight excluding hydrogens is 403 g/mol. The lowest BCUT2D eigenvalue weighted by atomic mass is 9.91. The maximum Gasteiger partial charge on any atom is 0.573 e. The normalized spacial score (nSPS) is 13.0. The quantitative estimate of drug-likeness (QED) is 0.635. The number of hydrogen-bond acceptors (Lipinski definition) is 6. The smallest absolute Gasteiger partial charge is 0.406 e. The first kappa shape index (κ1) is 21.2. The van der Waals surface area contributed by atoms with Gasteiger partial charge >= 0.3 is 6.36 Å². The van der Waals surface area contributed by atoms with E-state index in [0.717, 1.165) is 12.1 Å². The summed E-state index contributed by atoms with van der Waals surface area (Å²) in [5, 5.41) is 17.2. The molecule has 2 heterocycles. The van der Waals surface area contributed by atoms with Gasteiger partial charge in [0, 0.05) is 12.4 Å².